The van der Waals surface area contributed by atoms with E-state index in [1.807, 2.05) is 12.1 Å². The normalized spacial score (nSPS) is 16.8. The maximum absolute atomic E-state index is 12.6. The molecule has 27 heavy (non-hydrogen) atoms. The van der Waals surface area contributed by atoms with Gasteiger partial charge in [0.1, 0.15) is 0 Å². The number of hydrogen-bond donors (Lipinski definition) is 1. The standard InChI is InChI=1S/C21H29N5O/c1-2-25(19-10-4-3-5-11-19)16-8-14-22-20(27)18-9-6-15-26(17-18)21-23-12-7-13-24-21/h3-5,7,10-13,18H,2,6,8-9,14-17H2,1H3,(H,22,27). The first-order valence-electron chi connectivity index (χ1n) is 9.87. The molecule has 2 aromatic rings. The number of carbonyl (C=O) groups is 1. The fourth-order valence-electron chi connectivity index (χ4n) is 3.56. The Morgan fingerprint density at radius 2 is 2.00 bits per heavy atom. The van der Waals surface area contributed by atoms with Crippen LogP contribution < -0.4 is 15.1 Å². The van der Waals surface area contributed by atoms with Crippen LogP contribution in [0.15, 0.2) is 48.8 Å². The molecule has 6 nitrogen and oxygen atoms in total. The maximum Gasteiger partial charge on any atom is 0.225 e. The Bertz CT molecular complexity index is 694. The number of anilines is 2. The lowest BCUT2D eigenvalue weighted by Gasteiger charge is -2.32. The van der Waals surface area contributed by atoms with Crippen LogP contribution in [0.1, 0.15) is 26.2 Å². The highest BCUT2D eigenvalue weighted by Crippen LogP contribution is 2.20. The van der Waals surface area contributed by atoms with Crippen LogP contribution in [0.25, 0.3) is 0 Å². The SMILES string of the molecule is CCN(CCCNC(=O)C1CCCN(c2ncccn2)C1)c1ccccc1. The molecule has 1 aromatic heterocycles. The monoisotopic (exact) mass is 367 g/mol. The van der Waals surface area contributed by atoms with Crippen molar-refractivity contribution in [2.45, 2.75) is 26.2 Å². The molecule has 2 heterocycles. The number of piperidine rings is 1. The average molecular weight is 367 g/mol. The lowest BCUT2D eigenvalue weighted by molar-refractivity contribution is -0.125. The van der Waals surface area contributed by atoms with Crippen LogP contribution in [0.2, 0.25) is 0 Å². The number of rotatable bonds is 8. The number of carbonyl (C=O) groups excluding carboxylic acids is 1. The van der Waals surface area contributed by atoms with E-state index in [9.17, 15) is 4.79 Å². The Balaban J connectivity index is 1.42. The molecule has 1 N–H and O–H groups in total. The molecular formula is C21H29N5O. The Morgan fingerprint density at radius 1 is 1.22 bits per heavy atom. The van der Waals surface area contributed by atoms with Gasteiger partial charge in [0.05, 0.1) is 5.92 Å². The van der Waals surface area contributed by atoms with Gasteiger partial charge in [-0.05, 0) is 44.4 Å². The van der Waals surface area contributed by atoms with Crippen molar-refractivity contribution in [3.8, 4) is 0 Å². The van der Waals surface area contributed by atoms with Crippen LogP contribution in [-0.4, -0.2) is 48.6 Å². The molecule has 3 rings (SSSR count). The minimum atomic E-state index is 0.0129. The third-order valence-corrected chi connectivity index (χ3v) is 5.03. The van der Waals surface area contributed by atoms with Crippen molar-refractivity contribution in [3.63, 3.8) is 0 Å². The van der Waals surface area contributed by atoms with Crippen molar-refractivity contribution in [3.05, 3.63) is 48.8 Å². The highest BCUT2D eigenvalue weighted by atomic mass is 16.1. The summed E-state index contributed by atoms with van der Waals surface area (Å²) in [7, 11) is 0. The van der Waals surface area contributed by atoms with Crippen LogP contribution in [0.5, 0.6) is 0 Å². The summed E-state index contributed by atoms with van der Waals surface area (Å²) in [5, 5.41) is 3.12. The van der Waals surface area contributed by atoms with E-state index in [0.717, 1.165) is 44.8 Å². The molecule has 1 aliphatic rings. The van der Waals surface area contributed by atoms with Crippen LogP contribution in [0, 0.1) is 5.92 Å². The molecule has 1 fully saturated rings. The largest absolute Gasteiger partial charge is 0.372 e. The van der Waals surface area contributed by atoms with Gasteiger partial charge in [0.2, 0.25) is 11.9 Å². The molecule has 6 heteroatoms. The van der Waals surface area contributed by atoms with Gasteiger partial charge in [0.25, 0.3) is 0 Å². The van der Waals surface area contributed by atoms with Gasteiger partial charge >= 0.3 is 0 Å². The van der Waals surface area contributed by atoms with Crippen molar-refractivity contribution >= 4 is 17.5 Å². The second kappa shape index (κ2) is 9.90. The van der Waals surface area contributed by atoms with Crippen molar-refractivity contribution < 1.29 is 4.79 Å². The zero-order valence-electron chi connectivity index (χ0n) is 16.1. The summed E-state index contributed by atoms with van der Waals surface area (Å²) in [6.45, 7) is 6.38. The second-order valence-corrected chi connectivity index (χ2v) is 6.89. The van der Waals surface area contributed by atoms with Crippen LogP contribution in [0.3, 0.4) is 0 Å². The van der Waals surface area contributed by atoms with E-state index >= 15 is 0 Å². The zero-order valence-corrected chi connectivity index (χ0v) is 16.1. The first-order chi connectivity index (χ1) is 13.3. The molecule has 0 spiro atoms. The van der Waals surface area contributed by atoms with Gasteiger partial charge in [0.15, 0.2) is 0 Å². The molecular weight excluding hydrogens is 338 g/mol. The number of para-hydroxylation sites is 1. The molecule has 0 saturated carbocycles. The minimum absolute atomic E-state index is 0.0129. The van der Waals surface area contributed by atoms with E-state index in [-0.39, 0.29) is 11.8 Å². The lowest BCUT2D eigenvalue weighted by atomic mass is 9.97. The molecule has 1 unspecified atom stereocenters. The zero-order chi connectivity index (χ0) is 18.9. The molecule has 1 amide bonds. The van der Waals surface area contributed by atoms with E-state index < -0.39 is 0 Å². The molecule has 1 atom stereocenters. The number of nitrogens with zero attached hydrogens (tertiary/aromatic N) is 4. The molecule has 144 valence electrons. The quantitative estimate of drug-likeness (QED) is 0.727. The van der Waals surface area contributed by atoms with E-state index in [1.165, 1.54) is 5.69 Å². The van der Waals surface area contributed by atoms with E-state index in [1.54, 1.807) is 12.4 Å². The first-order valence-corrected chi connectivity index (χ1v) is 9.87. The highest BCUT2D eigenvalue weighted by Gasteiger charge is 2.26. The molecule has 1 aromatic carbocycles. The Labute approximate surface area is 161 Å². The van der Waals surface area contributed by atoms with Gasteiger partial charge in [0, 0.05) is 50.8 Å². The Morgan fingerprint density at radius 3 is 2.74 bits per heavy atom. The third-order valence-electron chi connectivity index (χ3n) is 5.03. The van der Waals surface area contributed by atoms with Crippen molar-refractivity contribution in [2.75, 3.05) is 42.5 Å². The predicted molar refractivity (Wildman–Crippen MR) is 109 cm³/mol. The number of amides is 1. The number of aromatic nitrogens is 2. The summed E-state index contributed by atoms with van der Waals surface area (Å²) in [6.07, 6.45) is 6.36. The van der Waals surface area contributed by atoms with Crippen LogP contribution >= 0.6 is 0 Å². The number of benzene rings is 1. The first kappa shape index (κ1) is 19.1. The van der Waals surface area contributed by atoms with Gasteiger partial charge in [-0.1, -0.05) is 18.2 Å². The molecule has 1 saturated heterocycles. The summed E-state index contributed by atoms with van der Waals surface area (Å²) >= 11 is 0. The molecule has 0 aliphatic carbocycles. The highest BCUT2D eigenvalue weighted by molar-refractivity contribution is 5.79. The van der Waals surface area contributed by atoms with Crippen molar-refractivity contribution in [1.29, 1.82) is 0 Å². The van der Waals surface area contributed by atoms with E-state index in [4.69, 9.17) is 0 Å². The van der Waals surface area contributed by atoms with Crippen LogP contribution in [-0.2, 0) is 4.79 Å². The molecule has 0 bridgehead atoms. The second-order valence-electron chi connectivity index (χ2n) is 6.89. The summed E-state index contributed by atoms with van der Waals surface area (Å²) in [5.74, 6) is 0.883. The summed E-state index contributed by atoms with van der Waals surface area (Å²) in [5.41, 5.74) is 1.23. The molecule has 0 radical (unpaired) electrons. The van der Waals surface area contributed by atoms with Gasteiger partial charge < -0.3 is 15.1 Å². The van der Waals surface area contributed by atoms with Crippen molar-refractivity contribution in [1.82, 2.24) is 15.3 Å². The Hall–Kier alpha value is -2.63. The fraction of sp³-hybridized carbons (Fsp3) is 0.476. The summed E-state index contributed by atoms with van der Waals surface area (Å²) < 4.78 is 0. The van der Waals surface area contributed by atoms with Gasteiger partial charge in [-0.2, -0.15) is 0 Å². The van der Waals surface area contributed by atoms with E-state index in [2.05, 4.69) is 56.3 Å². The maximum atomic E-state index is 12.6. The average Bonchev–Trinajstić information content (AvgIpc) is 2.75. The fourth-order valence-corrected chi connectivity index (χ4v) is 3.56. The Kier molecular flexibility index (Phi) is 7.02. The summed E-state index contributed by atoms with van der Waals surface area (Å²) in [6, 6.07) is 12.2. The van der Waals surface area contributed by atoms with Gasteiger partial charge in [-0.3, -0.25) is 4.79 Å². The molecule has 1 aliphatic heterocycles. The smallest absolute Gasteiger partial charge is 0.225 e. The topological polar surface area (TPSA) is 61.4 Å². The number of nitrogens with one attached hydrogen (secondary N) is 1. The van der Waals surface area contributed by atoms with Gasteiger partial charge in [-0.25, -0.2) is 9.97 Å². The number of hydrogen-bond acceptors (Lipinski definition) is 5. The van der Waals surface area contributed by atoms with Gasteiger partial charge in [-0.15, -0.1) is 0 Å². The lowest BCUT2D eigenvalue weighted by Crippen LogP contribution is -2.44. The third kappa shape index (κ3) is 5.42. The summed E-state index contributed by atoms with van der Waals surface area (Å²) in [4.78, 5) is 25.6. The predicted octanol–water partition coefficient (Wildman–Crippen LogP) is 2.73. The van der Waals surface area contributed by atoms with Crippen molar-refractivity contribution in [2.24, 2.45) is 5.92 Å². The van der Waals surface area contributed by atoms with Crippen LogP contribution in [0.4, 0.5) is 11.6 Å². The van der Waals surface area contributed by atoms with E-state index in [0.29, 0.717) is 13.1 Å². The minimum Gasteiger partial charge on any atom is -0.372 e.